The van der Waals surface area contributed by atoms with E-state index in [4.69, 9.17) is 4.74 Å². The molecule has 2 atom stereocenters. The lowest BCUT2D eigenvalue weighted by Gasteiger charge is -2.54. The maximum atomic E-state index is 5.44. The largest absolute Gasteiger partial charge is 0.497 e. The van der Waals surface area contributed by atoms with Gasteiger partial charge in [-0.2, -0.15) is 0 Å². The minimum atomic E-state index is 0.369. The predicted octanol–water partition coefficient (Wildman–Crippen LogP) is 5.08. The third kappa shape index (κ3) is 4.26. The van der Waals surface area contributed by atoms with Crippen LogP contribution in [0.25, 0.3) is 0 Å². The number of nitrogens with zero attached hydrogens (tertiary/aromatic N) is 1. The Labute approximate surface area is 186 Å². The van der Waals surface area contributed by atoms with Crippen molar-refractivity contribution >= 4 is 0 Å². The summed E-state index contributed by atoms with van der Waals surface area (Å²) in [5, 5.41) is 3.99. The van der Waals surface area contributed by atoms with E-state index >= 15 is 0 Å². The summed E-state index contributed by atoms with van der Waals surface area (Å²) < 4.78 is 5.44. The second kappa shape index (κ2) is 9.25. The van der Waals surface area contributed by atoms with Gasteiger partial charge >= 0.3 is 0 Å². The van der Waals surface area contributed by atoms with Crippen molar-refractivity contribution in [2.24, 2.45) is 5.92 Å². The molecule has 0 radical (unpaired) electrons. The van der Waals surface area contributed by atoms with E-state index in [-0.39, 0.29) is 0 Å². The molecule has 0 aliphatic carbocycles. The normalized spacial score (nSPS) is 25.0. The summed E-state index contributed by atoms with van der Waals surface area (Å²) >= 11 is 0. The van der Waals surface area contributed by atoms with Crippen molar-refractivity contribution in [1.29, 1.82) is 0 Å². The highest BCUT2D eigenvalue weighted by Crippen LogP contribution is 2.42. The van der Waals surface area contributed by atoms with Crippen molar-refractivity contribution in [2.45, 2.75) is 37.4 Å². The number of benzene rings is 3. The summed E-state index contributed by atoms with van der Waals surface area (Å²) in [4.78, 5) is 2.74. The first-order valence-corrected chi connectivity index (χ1v) is 11.5. The maximum Gasteiger partial charge on any atom is 0.119 e. The molecule has 0 amide bonds. The lowest BCUT2D eigenvalue weighted by Crippen LogP contribution is -2.64. The molecule has 3 heteroatoms. The van der Waals surface area contributed by atoms with Gasteiger partial charge in [0.05, 0.1) is 7.11 Å². The summed E-state index contributed by atoms with van der Waals surface area (Å²) in [7, 11) is 1.74. The molecule has 3 saturated heterocycles. The van der Waals surface area contributed by atoms with Crippen LogP contribution in [0.4, 0.5) is 0 Å². The van der Waals surface area contributed by atoms with Crippen LogP contribution in [0.2, 0.25) is 0 Å². The van der Waals surface area contributed by atoms with Gasteiger partial charge in [-0.15, -0.1) is 0 Å². The lowest BCUT2D eigenvalue weighted by atomic mass is 9.70. The Hall–Kier alpha value is -2.62. The lowest BCUT2D eigenvalue weighted by molar-refractivity contribution is 0.00468. The molecule has 0 saturated carbocycles. The average Bonchev–Trinajstić information content (AvgIpc) is 2.85. The van der Waals surface area contributed by atoms with Crippen molar-refractivity contribution in [3.8, 4) is 5.75 Å². The number of piperidine rings is 3. The molecular formula is C28H32N2O. The quantitative estimate of drug-likeness (QED) is 0.586. The maximum absolute atomic E-state index is 5.44. The van der Waals surface area contributed by atoms with E-state index in [0.717, 1.165) is 18.2 Å². The summed E-state index contributed by atoms with van der Waals surface area (Å²) in [5.74, 6) is 2.03. The van der Waals surface area contributed by atoms with Gasteiger partial charge in [0.25, 0.3) is 0 Å². The minimum Gasteiger partial charge on any atom is -0.497 e. The monoisotopic (exact) mass is 412 g/mol. The molecule has 3 aliphatic rings. The molecule has 0 aromatic heterocycles. The van der Waals surface area contributed by atoms with E-state index in [1.165, 1.54) is 42.6 Å². The highest BCUT2D eigenvalue weighted by molar-refractivity contribution is 5.36. The van der Waals surface area contributed by atoms with Gasteiger partial charge < -0.3 is 10.1 Å². The van der Waals surface area contributed by atoms with Crippen molar-refractivity contribution in [3.05, 3.63) is 102 Å². The molecule has 0 unspecified atom stereocenters. The van der Waals surface area contributed by atoms with Gasteiger partial charge in [-0.3, -0.25) is 4.90 Å². The average molecular weight is 413 g/mol. The van der Waals surface area contributed by atoms with Crippen LogP contribution in [0.5, 0.6) is 5.75 Å². The van der Waals surface area contributed by atoms with Crippen LogP contribution in [0.15, 0.2) is 84.9 Å². The van der Waals surface area contributed by atoms with Crippen LogP contribution >= 0.6 is 0 Å². The van der Waals surface area contributed by atoms with E-state index in [1.807, 2.05) is 6.07 Å². The number of hydrogen-bond acceptors (Lipinski definition) is 3. The van der Waals surface area contributed by atoms with Gasteiger partial charge in [0.2, 0.25) is 0 Å². The van der Waals surface area contributed by atoms with Crippen LogP contribution in [-0.4, -0.2) is 37.2 Å². The van der Waals surface area contributed by atoms with Gasteiger partial charge in [-0.05, 0) is 60.7 Å². The van der Waals surface area contributed by atoms with Gasteiger partial charge in [0.1, 0.15) is 5.75 Å². The molecule has 6 rings (SSSR count). The summed E-state index contributed by atoms with van der Waals surface area (Å²) in [5.41, 5.74) is 4.12. The van der Waals surface area contributed by atoms with E-state index < -0.39 is 0 Å². The van der Waals surface area contributed by atoms with Gasteiger partial charge in [-0.1, -0.05) is 72.8 Å². The smallest absolute Gasteiger partial charge is 0.119 e. The molecule has 3 heterocycles. The van der Waals surface area contributed by atoms with Crippen LogP contribution in [0, 0.1) is 5.92 Å². The zero-order valence-electron chi connectivity index (χ0n) is 18.3. The third-order valence-electron chi connectivity index (χ3n) is 7.21. The zero-order valence-corrected chi connectivity index (χ0v) is 18.3. The van der Waals surface area contributed by atoms with Crippen molar-refractivity contribution in [1.82, 2.24) is 10.2 Å². The fraction of sp³-hybridized carbons (Fsp3) is 0.357. The van der Waals surface area contributed by atoms with Crippen molar-refractivity contribution in [3.63, 3.8) is 0 Å². The number of fused-ring (bicyclic) bond motifs is 3. The number of rotatable bonds is 7. The molecule has 3 aliphatic heterocycles. The molecule has 3 aromatic rings. The first kappa shape index (κ1) is 20.3. The Morgan fingerprint density at radius 2 is 1.52 bits per heavy atom. The van der Waals surface area contributed by atoms with Crippen LogP contribution in [-0.2, 0) is 6.54 Å². The molecule has 3 aromatic carbocycles. The summed E-state index contributed by atoms with van der Waals surface area (Å²) in [6, 6.07) is 31.6. The minimum absolute atomic E-state index is 0.369. The number of methoxy groups -OCH3 is 1. The van der Waals surface area contributed by atoms with E-state index in [9.17, 15) is 0 Å². The standard InChI is InChI=1S/C28H32N2O/c1-31-25-14-8-9-21(19-25)20-29-27-24-15-17-30(18-16-24)28(27)26(22-10-4-2-5-11-22)23-12-6-3-7-13-23/h2-14,19,24,26-29H,15-18,20H2,1H3/t27-,28-/m1/s1. The first-order chi connectivity index (χ1) is 15.3. The Bertz CT molecular complexity index is 927. The number of hydrogen-bond donors (Lipinski definition) is 1. The van der Waals surface area contributed by atoms with Crippen LogP contribution < -0.4 is 10.1 Å². The van der Waals surface area contributed by atoms with Gasteiger partial charge in [-0.25, -0.2) is 0 Å². The SMILES string of the molecule is COc1cccc(CN[C@@H]2C3CCN(CC3)[C@@H]2C(c2ccccc2)c2ccccc2)c1. The Kier molecular flexibility index (Phi) is 6.06. The van der Waals surface area contributed by atoms with Gasteiger partial charge in [0, 0.05) is 24.5 Å². The molecule has 160 valence electrons. The second-order valence-electron chi connectivity index (χ2n) is 8.92. The molecule has 31 heavy (non-hydrogen) atoms. The Morgan fingerprint density at radius 3 is 2.13 bits per heavy atom. The number of ether oxygens (including phenoxy) is 1. The molecule has 3 nitrogen and oxygen atoms in total. The third-order valence-corrected chi connectivity index (χ3v) is 7.21. The second-order valence-corrected chi connectivity index (χ2v) is 8.92. The molecule has 0 spiro atoms. The van der Waals surface area contributed by atoms with E-state index in [2.05, 4.69) is 89.1 Å². The van der Waals surface area contributed by atoms with Crippen molar-refractivity contribution < 1.29 is 4.74 Å². The van der Waals surface area contributed by atoms with Gasteiger partial charge in [0.15, 0.2) is 0 Å². The van der Waals surface area contributed by atoms with Crippen LogP contribution in [0.1, 0.15) is 35.4 Å². The molecule has 1 N–H and O–H groups in total. The fourth-order valence-corrected chi connectivity index (χ4v) is 5.71. The Morgan fingerprint density at radius 1 is 0.871 bits per heavy atom. The predicted molar refractivity (Wildman–Crippen MR) is 126 cm³/mol. The fourth-order valence-electron chi connectivity index (χ4n) is 5.71. The van der Waals surface area contributed by atoms with Crippen LogP contribution in [0.3, 0.4) is 0 Å². The first-order valence-electron chi connectivity index (χ1n) is 11.5. The van der Waals surface area contributed by atoms with Crippen molar-refractivity contribution in [2.75, 3.05) is 20.2 Å². The number of nitrogens with one attached hydrogen (secondary N) is 1. The summed E-state index contributed by atoms with van der Waals surface area (Å²) in [6.07, 6.45) is 2.59. The molecular weight excluding hydrogens is 380 g/mol. The Balaban J connectivity index is 1.47. The zero-order chi connectivity index (χ0) is 21.0. The highest BCUT2D eigenvalue weighted by Gasteiger charge is 2.46. The van der Waals surface area contributed by atoms with E-state index in [1.54, 1.807) is 7.11 Å². The molecule has 2 bridgehead atoms. The molecule has 3 fully saturated rings. The van der Waals surface area contributed by atoms with E-state index in [0.29, 0.717) is 18.0 Å². The highest BCUT2D eigenvalue weighted by atomic mass is 16.5. The topological polar surface area (TPSA) is 24.5 Å². The summed E-state index contributed by atoms with van der Waals surface area (Å²) in [6.45, 7) is 3.30.